The number of nitrogens with one attached hydrogen (secondary N) is 2. The summed E-state index contributed by atoms with van der Waals surface area (Å²) >= 11 is 4.91. The number of aromatic amines is 1. The molecule has 0 fully saturated rings. The number of hydrogen-bond donors (Lipinski definition) is 3. The number of aromatic nitrogens is 3. The van der Waals surface area contributed by atoms with Gasteiger partial charge in [-0.2, -0.15) is 5.10 Å². The van der Waals surface area contributed by atoms with E-state index in [0.717, 1.165) is 0 Å². The van der Waals surface area contributed by atoms with E-state index in [1.807, 2.05) is 0 Å². The summed E-state index contributed by atoms with van der Waals surface area (Å²) in [7, 11) is 1.78. The van der Waals surface area contributed by atoms with E-state index in [-0.39, 0.29) is 18.3 Å². The lowest BCUT2D eigenvalue weighted by atomic mass is 10.3. The molecular formula is C7H14ClN5OS. The van der Waals surface area contributed by atoms with Crippen LogP contribution in [0.4, 0.5) is 0 Å². The molecular weight excluding hydrogens is 238 g/mol. The Labute approximate surface area is 98.6 Å². The van der Waals surface area contributed by atoms with Gasteiger partial charge in [-0.1, -0.05) is 0 Å². The molecule has 86 valence electrons. The Morgan fingerprint density at radius 1 is 1.80 bits per heavy atom. The Morgan fingerprint density at radius 2 is 2.40 bits per heavy atom. The molecule has 15 heavy (non-hydrogen) atoms. The van der Waals surface area contributed by atoms with Gasteiger partial charge in [0.15, 0.2) is 10.6 Å². The van der Waals surface area contributed by atoms with Crippen LogP contribution in [0.3, 0.4) is 0 Å². The van der Waals surface area contributed by atoms with Gasteiger partial charge in [0, 0.05) is 7.05 Å². The summed E-state index contributed by atoms with van der Waals surface area (Å²) in [6.45, 7) is 1.95. The Bertz CT molecular complexity index is 385. The van der Waals surface area contributed by atoms with Crippen molar-refractivity contribution in [2.75, 3.05) is 0 Å². The molecule has 0 aromatic carbocycles. The molecule has 0 aliphatic heterocycles. The van der Waals surface area contributed by atoms with Crippen molar-refractivity contribution in [2.45, 2.75) is 19.5 Å². The Hall–Kier alpha value is -0.920. The lowest BCUT2D eigenvalue weighted by Crippen LogP contribution is -2.38. The number of carbonyl (C=O) groups excluding carboxylic acids is 1. The third kappa shape index (κ3) is 3.61. The zero-order chi connectivity index (χ0) is 10.7. The van der Waals surface area contributed by atoms with Gasteiger partial charge in [0.1, 0.15) is 0 Å². The summed E-state index contributed by atoms with van der Waals surface area (Å²) < 4.78 is 2.21. The van der Waals surface area contributed by atoms with Gasteiger partial charge >= 0.3 is 0 Å². The van der Waals surface area contributed by atoms with Gasteiger partial charge in [0.2, 0.25) is 5.91 Å². The molecule has 1 heterocycles. The number of amides is 1. The first-order valence-electron chi connectivity index (χ1n) is 4.16. The summed E-state index contributed by atoms with van der Waals surface area (Å²) in [5, 5.41) is 9.20. The van der Waals surface area contributed by atoms with Gasteiger partial charge in [-0.15, -0.1) is 12.4 Å². The smallest absolute Gasteiger partial charge is 0.237 e. The van der Waals surface area contributed by atoms with Crippen molar-refractivity contribution in [2.24, 2.45) is 12.8 Å². The molecule has 4 N–H and O–H groups in total. The van der Waals surface area contributed by atoms with Gasteiger partial charge in [0.05, 0.1) is 12.6 Å². The third-order valence-electron chi connectivity index (χ3n) is 1.81. The highest BCUT2D eigenvalue weighted by atomic mass is 35.5. The number of hydrogen-bond acceptors (Lipinski definition) is 4. The Balaban J connectivity index is 0.00000196. The second kappa shape index (κ2) is 5.84. The molecule has 1 amide bonds. The number of nitrogens with two attached hydrogens (primary N) is 1. The van der Waals surface area contributed by atoms with Crippen LogP contribution in [0.5, 0.6) is 0 Å². The number of rotatable bonds is 3. The molecule has 0 saturated heterocycles. The summed E-state index contributed by atoms with van der Waals surface area (Å²) in [6.07, 6.45) is 0. The molecule has 0 aliphatic carbocycles. The average molecular weight is 252 g/mol. The fourth-order valence-electron chi connectivity index (χ4n) is 0.865. The van der Waals surface area contributed by atoms with E-state index in [1.165, 1.54) is 0 Å². The minimum Gasteiger partial charge on any atom is -0.347 e. The molecule has 0 radical (unpaired) electrons. The van der Waals surface area contributed by atoms with Crippen LogP contribution in [-0.2, 0) is 18.4 Å². The Morgan fingerprint density at radius 3 is 2.80 bits per heavy atom. The van der Waals surface area contributed by atoms with Crippen LogP contribution in [0.15, 0.2) is 0 Å². The second-order valence-electron chi connectivity index (χ2n) is 3.01. The van der Waals surface area contributed by atoms with Crippen molar-refractivity contribution in [3.05, 3.63) is 10.6 Å². The molecule has 8 heteroatoms. The third-order valence-corrected chi connectivity index (χ3v) is 2.17. The van der Waals surface area contributed by atoms with Crippen molar-refractivity contribution >= 4 is 30.5 Å². The molecule has 1 rings (SSSR count). The summed E-state index contributed by atoms with van der Waals surface area (Å²) in [6, 6.07) is -0.512. The lowest BCUT2D eigenvalue weighted by Gasteiger charge is -2.06. The number of H-pyrrole nitrogens is 1. The normalized spacial score (nSPS) is 11.7. The van der Waals surface area contributed by atoms with Crippen LogP contribution in [0.2, 0.25) is 0 Å². The molecule has 0 aliphatic rings. The fourth-order valence-corrected chi connectivity index (χ4v) is 1.02. The summed E-state index contributed by atoms with van der Waals surface area (Å²) in [5.74, 6) is 0.461. The quantitative estimate of drug-likeness (QED) is 0.653. The number of halogens is 1. The average Bonchev–Trinajstić information content (AvgIpc) is 2.44. The van der Waals surface area contributed by atoms with Crippen molar-refractivity contribution in [1.82, 2.24) is 20.1 Å². The van der Waals surface area contributed by atoms with Crippen LogP contribution >= 0.6 is 24.6 Å². The first kappa shape index (κ1) is 14.1. The van der Waals surface area contributed by atoms with Crippen molar-refractivity contribution in [3.8, 4) is 0 Å². The molecule has 1 aromatic heterocycles. The van der Waals surface area contributed by atoms with E-state index in [1.54, 1.807) is 18.5 Å². The highest BCUT2D eigenvalue weighted by molar-refractivity contribution is 7.71. The first-order chi connectivity index (χ1) is 6.52. The number of nitrogens with zero attached hydrogens (tertiary/aromatic N) is 2. The highest BCUT2D eigenvalue weighted by Gasteiger charge is 2.08. The number of carbonyl (C=O) groups is 1. The summed E-state index contributed by atoms with van der Waals surface area (Å²) in [5.41, 5.74) is 5.38. The molecule has 0 bridgehead atoms. The van der Waals surface area contributed by atoms with E-state index < -0.39 is 6.04 Å². The SMILES string of the molecule is C[C@H](N)C(=O)NCc1n[nH]c(=S)n1C.Cl. The van der Waals surface area contributed by atoms with Crippen molar-refractivity contribution < 1.29 is 4.79 Å². The van der Waals surface area contributed by atoms with E-state index in [9.17, 15) is 4.79 Å². The predicted octanol–water partition coefficient (Wildman–Crippen LogP) is -0.137. The van der Waals surface area contributed by atoms with Gasteiger partial charge < -0.3 is 15.6 Å². The van der Waals surface area contributed by atoms with Gasteiger partial charge in [-0.05, 0) is 19.1 Å². The second-order valence-corrected chi connectivity index (χ2v) is 3.40. The van der Waals surface area contributed by atoms with Gasteiger partial charge in [-0.3, -0.25) is 9.89 Å². The molecule has 1 atom stereocenters. The first-order valence-corrected chi connectivity index (χ1v) is 4.56. The predicted molar refractivity (Wildman–Crippen MR) is 61.1 cm³/mol. The largest absolute Gasteiger partial charge is 0.347 e. The van der Waals surface area contributed by atoms with Crippen LogP contribution < -0.4 is 11.1 Å². The molecule has 6 nitrogen and oxygen atoms in total. The van der Waals surface area contributed by atoms with E-state index in [4.69, 9.17) is 18.0 Å². The van der Waals surface area contributed by atoms with Crippen molar-refractivity contribution in [1.29, 1.82) is 0 Å². The molecule has 0 spiro atoms. The maximum absolute atomic E-state index is 11.1. The minimum atomic E-state index is -0.512. The molecule has 0 unspecified atom stereocenters. The van der Waals surface area contributed by atoms with Crippen molar-refractivity contribution in [3.63, 3.8) is 0 Å². The van der Waals surface area contributed by atoms with E-state index >= 15 is 0 Å². The van der Waals surface area contributed by atoms with Crippen LogP contribution in [0, 0.1) is 4.77 Å². The van der Waals surface area contributed by atoms with Gasteiger partial charge in [-0.25, -0.2) is 0 Å². The maximum atomic E-state index is 11.1. The fraction of sp³-hybridized carbons (Fsp3) is 0.571. The lowest BCUT2D eigenvalue weighted by molar-refractivity contribution is -0.122. The zero-order valence-corrected chi connectivity index (χ0v) is 10.1. The Kier molecular flexibility index (Phi) is 5.48. The minimum absolute atomic E-state index is 0. The highest BCUT2D eigenvalue weighted by Crippen LogP contribution is 1.93. The topological polar surface area (TPSA) is 88.7 Å². The zero-order valence-electron chi connectivity index (χ0n) is 8.48. The summed E-state index contributed by atoms with van der Waals surface area (Å²) in [4.78, 5) is 11.1. The van der Waals surface area contributed by atoms with Gasteiger partial charge in [0.25, 0.3) is 0 Å². The monoisotopic (exact) mass is 251 g/mol. The van der Waals surface area contributed by atoms with Crippen LogP contribution in [0.1, 0.15) is 12.7 Å². The standard InChI is InChI=1S/C7H13N5OS.ClH/c1-4(8)6(13)9-3-5-10-11-7(14)12(5)2;/h4H,3,8H2,1-2H3,(H,9,13)(H,11,14);1H/t4-;/m0./s1. The molecule has 0 saturated carbocycles. The maximum Gasteiger partial charge on any atom is 0.237 e. The van der Waals surface area contributed by atoms with Crippen LogP contribution in [0.25, 0.3) is 0 Å². The van der Waals surface area contributed by atoms with E-state index in [0.29, 0.717) is 17.1 Å². The van der Waals surface area contributed by atoms with Crippen LogP contribution in [-0.4, -0.2) is 26.7 Å². The van der Waals surface area contributed by atoms with E-state index in [2.05, 4.69) is 15.5 Å². The molecule has 1 aromatic rings.